The molecule has 1 aromatic rings. The molecule has 0 spiro atoms. The molecule has 1 saturated carbocycles. The highest BCUT2D eigenvalue weighted by Gasteiger charge is 2.33. The second-order valence-corrected chi connectivity index (χ2v) is 6.85. The third-order valence-corrected chi connectivity index (χ3v) is 4.67. The maximum absolute atomic E-state index is 12.6. The maximum Gasteiger partial charge on any atom is 0.237 e. The van der Waals surface area contributed by atoms with E-state index in [9.17, 15) is 9.90 Å². The van der Waals surface area contributed by atoms with Crippen molar-refractivity contribution in [1.82, 2.24) is 9.80 Å². The predicted molar refractivity (Wildman–Crippen MR) is 86.7 cm³/mol. The minimum Gasteiger partial charge on any atom is -0.392 e. The van der Waals surface area contributed by atoms with Crippen molar-refractivity contribution in [2.45, 2.75) is 44.4 Å². The number of piperidine rings is 1. The molecule has 1 heterocycles. The molecule has 3 rings (SSSR count). The molecular weight excluding hydrogens is 300 g/mol. The minimum atomic E-state index is -0.285. The van der Waals surface area contributed by atoms with E-state index in [-0.39, 0.29) is 12.0 Å². The summed E-state index contributed by atoms with van der Waals surface area (Å²) < 4.78 is 0. The van der Waals surface area contributed by atoms with Gasteiger partial charge < -0.3 is 10.0 Å². The molecule has 0 bridgehead atoms. The van der Waals surface area contributed by atoms with Crippen LogP contribution in [0.3, 0.4) is 0 Å². The van der Waals surface area contributed by atoms with Gasteiger partial charge in [0.15, 0.2) is 0 Å². The number of nitrogens with zero attached hydrogens (tertiary/aromatic N) is 2. The van der Waals surface area contributed by atoms with Gasteiger partial charge in [-0.3, -0.25) is 9.69 Å². The van der Waals surface area contributed by atoms with Crippen molar-refractivity contribution in [3.63, 3.8) is 0 Å². The van der Waals surface area contributed by atoms with Crippen LogP contribution in [0.25, 0.3) is 0 Å². The van der Waals surface area contributed by atoms with E-state index in [2.05, 4.69) is 4.90 Å². The van der Waals surface area contributed by atoms with Gasteiger partial charge in [0, 0.05) is 24.2 Å². The first kappa shape index (κ1) is 15.8. The predicted octanol–water partition coefficient (Wildman–Crippen LogP) is 2.29. The number of rotatable bonds is 5. The van der Waals surface area contributed by atoms with E-state index in [0.29, 0.717) is 25.7 Å². The minimum absolute atomic E-state index is 0.173. The molecule has 5 heteroatoms. The molecule has 0 aromatic heterocycles. The van der Waals surface area contributed by atoms with E-state index in [0.717, 1.165) is 42.8 Å². The maximum atomic E-state index is 12.6. The Kier molecular flexibility index (Phi) is 5.01. The summed E-state index contributed by atoms with van der Waals surface area (Å²) in [5.74, 6) is 0.173. The highest BCUT2D eigenvalue weighted by molar-refractivity contribution is 6.30. The molecule has 1 N–H and O–H groups in total. The smallest absolute Gasteiger partial charge is 0.237 e. The largest absolute Gasteiger partial charge is 0.392 e. The number of amides is 1. The van der Waals surface area contributed by atoms with Crippen LogP contribution in [0.15, 0.2) is 24.3 Å². The van der Waals surface area contributed by atoms with Gasteiger partial charge in [-0.05, 0) is 49.9 Å². The average Bonchev–Trinajstić information content (AvgIpc) is 3.31. The van der Waals surface area contributed by atoms with Crippen LogP contribution >= 0.6 is 11.6 Å². The van der Waals surface area contributed by atoms with Gasteiger partial charge in [0.2, 0.25) is 5.91 Å². The quantitative estimate of drug-likeness (QED) is 0.904. The van der Waals surface area contributed by atoms with Crippen molar-refractivity contribution in [2.24, 2.45) is 0 Å². The van der Waals surface area contributed by atoms with Crippen molar-refractivity contribution in [1.29, 1.82) is 0 Å². The Balaban J connectivity index is 1.60. The number of aliphatic hydroxyl groups excluding tert-OH is 1. The molecule has 22 heavy (non-hydrogen) atoms. The van der Waals surface area contributed by atoms with Gasteiger partial charge in [0.25, 0.3) is 0 Å². The Morgan fingerprint density at radius 3 is 2.64 bits per heavy atom. The van der Waals surface area contributed by atoms with Crippen molar-refractivity contribution < 1.29 is 9.90 Å². The molecule has 1 amide bonds. The Labute approximate surface area is 136 Å². The first-order valence-electron chi connectivity index (χ1n) is 8.06. The van der Waals surface area contributed by atoms with Crippen LogP contribution in [0.4, 0.5) is 0 Å². The molecule has 2 fully saturated rings. The van der Waals surface area contributed by atoms with Crippen LogP contribution in [-0.4, -0.2) is 52.6 Å². The number of hydrogen-bond acceptors (Lipinski definition) is 3. The van der Waals surface area contributed by atoms with Crippen molar-refractivity contribution in [3.8, 4) is 0 Å². The van der Waals surface area contributed by atoms with Crippen molar-refractivity contribution >= 4 is 17.5 Å². The van der Waals surface area contributed by atoms with Crippen LogP contribution in [-0.2, 0) is 11.3 Å². The van der Waals surface area contributed by atoms with Gasteiger partial charge in [-0.2, -0.15) is 0 Å². The number of benzene rings is 1. The second kappa shape index (κ2) is 6.99. The Bertz CT molecular complexity index is 516. The van der Waals surface area contributed by atoms with Gasteiger partial charge in [-0.25, -0.2) is 0 Å². The third kappa shape index (κ3) is 4.22. The number of likely N-dealkylation sites (tertiary alicyclic amines) is 1. The summed E-state index contributed by atoms with van der Waals surface area (Å²) in [6.45, 7) is 2.59. The second-order valence-electron chi connectivity index (χ2n) is 6.41. The fourth-order valence-electron chi connectivity index (χ4n) is 3.05. The summed E-state index contributed by atoms with van der Waals surface area (Å²) in [6.07, 6.45) is 3.73. The molecule has 4 nitrogen and oxygen atoms in total. The van der Waals surface area contributed by atoms with Gasteiger partial charge >= 0.3 is 0 Å². The molecule has 1 unspecified atom stereocenters. The number of hydrogen-bond donors (Lipinski definition) is 1. The summed E-state index contributed by atoms with van der Waals surface area (Å²) >= 11 is 5.92. The number of β-amino-alcohol motifs (C(OH)–C–C–N with tert-alkyl or cyclic N) is 1. The molecule has 1 saturated heterocycles. The van der Waals surface area contributed by atoms with Crippen LogP contribution in [0.5, 0.6) is 0 Å². The van der Waals surface area contributed by atoms with Gasteiger partial charge in [0.1, 0.15) is 0 Å². The van der Waals surface area contributed by atoms with Crippen LogP contribution in [0.2, 0.25) is 5.02 Å². The monoisotopic (exact) mass is 322 g/mol. The van der Waals surface area contributed by atoms with Gasteiger partial charge in [-0.15, -0.1) is 0 Å². The lowest BCUT2D eigenvalue weighted by molar-refractivity contribution is -0.134. The highest BCUT2D eigenvalue weighted by atomic mass is 35.5. The molecule has 0 radical (unpaired) electrons. The third-order valence-electron chi connectivity index (χ3n) is 4.41. The van der Waals surface area contributed by atoms with Crippen molar-refractivity contribution in [3.05, 3.63) is 34.9 Å². The molecule has 120 valence electrons. The zero-order valence-electron chi connectivity index (χ0n) is 12.7. The zero-order chi connectivity index (χ0) is 15.5. The Morgan fingerprint density at radius 1 is 1.27 bits per heavy atom. The first-order chi connectivity index (χ1) is 10.6. The molecule has 1 aliphatic carbocycles. The van der Waals surface area contributed by atoms with E-state index < -0.39 is 0 Å². The number of carbonyl (C=O) groups is 1. The van der Waals surface area contributed by atoms with Crippen LogP contribution < -0.4 is 0 Å². The lowest BCUT2D eigenvalue weighted by atomic mass is 10.1. The molecule has 1 atom stereocenters. The van der Waals surface area contributed by atoms with Gasteiger partial charge in [-0.1, -0.05) is 23.7 Å². The van der Waals surface area contributed by atoms with E-state index in [1.54, 1.807) is 0 Å². The lowest BCUT2D eigenvalue weighted by Gasteiger charge is -2.32. The fourth-order valence-corrected chi connectivity index (χ4v) is 3.18. The van der Waals surface area contributed by atoms with E-state index in [1.807, 2.05) is 29.2 Å². The first-order valence-corrected chi connectivity index (χ1v) is 8.44. The topological polar surface area (TPSA) is 43.8 Å². The summed E-state index contributed by atoms with van der Waals surface area (Å²) in [4.78, 5) is 16.7. The molecule has 2 aliphatic rings. The normalized spacial score (nSPS) is 22.5. The summed E-state index contributed by atoms with van der Waals surface area (Å²) in [6, 6.07) is 8.09. The molecule has 1 aliphatic heterocycles. The van der Waals surface area contributed by atoms with E-state index in [1.165, 1.54) is 0 Å². The standard InChI is InChI=1S/C17H23ClN2O2/c18-14-5-3-13(4-6-14)10-20(15-7-8-15)17(22)12-19-9-1-2-16(21)11-19/h3-6,15-16,21H,1-2,7-12H2. The Hall–Kier alpha value is -1.10. The number of aliphatic hydroxyl groups is 1. The van der Waals surface area contributed by atoms with Gasteiger partial charge in [0.05, 0.1) is 12.6 Å². The average molecular weight is 323 g/mol. The fraction of sp³-hybridized carbons (Fsp3) is 0.588. The molecular formula is C17H23ClN2O2. The Morgan fingerprint density at radius 2 is 2.00 bits per heavy atom. The van der Waals surface area contributed by atoms with E-state index in [4.69, 9.17) is 11.6 Å². The number of halogens is 1. The lowest BCUT2D eigenvalue weighted by Crippen LogP contribution is -2.46. The summed E-state index contributed by atoms with van der Waals surface area (Å²) in [5.41, 5.74) is 1.11. The van der Waals surface area contributed by atoms with E-state index >= 15 is 0 Å². The summed E-state index contributed by atoms with van der Waals surface area (Å²) in [7, 11) is 0. The highest BCUT2D eigenvalue weighted by Crippen LogP contribution is 2.29. The van der Waals surface area contributed by atoms with Crippen molar-refractivity contribution in [2.75, 3.05) is 19.6 Å². The zero-order valence-corrected chi connectivity index (χ0v) is 13.5. The van der Waals surface area contributed by atoms with Crippen LogP contribution in [0, 0.1) is 0 Å². The summed E-state index contributed by atoms with van der Waals surface area (Å²) in [5, 5.41) is 10.5. The number of carbonyl (C=O) groups excluding carboxylic acids is 1. The SMILES string of the molecule is O=C(CN1CCCC(O)C1)N(Cc1ccc(Cl)cc1)C1CC1. The molecule has 1 aromatic carbocycles. The van der Waals surface area contributed by atoms with Crippen LogP contribution in [0.1, 0.15) is 31.2 Å².